The van der Waals surface area contributed by atoms with Gasteiger partial charge in [0.25, 0.3) is 0 Å². The molecule has 0 aromatic carbocycles. The lowest BCUT2D eigenvalue weighted by Crippen LogP contribution is -2.33. The Morgan fingerprint density at radius 1 is 1.26 bits per heavy atom. The van der Waals surface area contributed by atoms with Gasteiger partial charge in [0.15, 0.2) is 5.82 Å². The van der Waals surface area contributed by atoms with Crippen molar-refractivity contribution in [2.24, 2.45) is 0 Å². The monoisotopic (exact) mass is 424 g/mol. The number of rotatable bonds is 6. The van der Waals surface area contributed by atoms with Crippen LogP contribution in [0, 0.1) is 5.95 Å². The number of pyridine rings is 1. The third-order valence-electron chi connectivity index (χ3n) is 5.33. The molecule has 0 radical (unpaired) electrons. The standard InChI is InChI=1S/C21H25FN8O/c1-2-23-21(31)29-18-11-15(26-13-27-18)12-30-9-5-14(6-10-30)16-3-4-17(28-19(16)22)20-24-7-8-25-20/h3-4,7-8,11,13-14H,2,5-6,9-10,12H2,1H3,(H,24,25)(H2,23,26,27,29,31). The molecule has 9 nitrogen and oxygen atoms in total. The van der Waals surface area contributed by atoms with E-state index in [1.807, 2.05) is 19.1 Å². The van der Waals surface area contributed by atoms with E-state index < -0.39 is 5.95 Å². The molecule has 3 aromatic rings. The molecule has 0 saturated carbocycles. The predicted octanol–water partition coefficient (Wildman–Crippen LogP) is 2.92. The third kappa shape index (κ3) is 5.21. The van der Waals surface area contributed by atoms with Gasteiger partial charge in [-0.2, -0.15) is 4.39 Å². The van der Waals surface area contributed by atoms with Crippen LogP contribution in [0.25, 0.3) is 11.5 Å². The van der Waals surface area contributed by atoms with Gasteiger partial charge in [-0.1, -0.05) is 6.07 Å². The number of halogens is 1. The lowest BCUT2D eigenvalue weighted by Gasteiger charge is -2.31. The van der Waals surface area contributed by atoms with Gasteiger partial charge in [-0.3, -0.25) is 10.2 Å². The number of carbonyl (C=O) groups is 1. The molecule has 0 atom stereocenters. The largest absolute Gasteiger partial charge is 0.343 e. The number of likely N-dealkylation sites (tertiary alicyclic amines) is 1. The Morgan fingerprint density at radius 2 is 2.10 bits per heavy atom. The Kier molecular flexibility index (Phi) is 6.46. The zero-order valence-corrected chi connectivity index (χ0v) is 17.3. The topological polar surface area (TPSA) is 112 Å². The van der Waals surface area contributed by atoms with E-state index in [-0.39, 0.29) is 11.9 Å². The summed E-state index contributed by atoms with van der Waals surface area (Å²) < 4.78 is 14.7. The number of H-pyrrole nitrogens is 1. The number of imidazole rings is 1. The maximum Gasteiger partial charge on any atom is 0.320 e. The number of aromatic amines is 1. The van der Waals surface area contributed by atoms with Crippen LogP contribution in [-0.2, 0) is 6.54 Å². The van der Waals surface area contributed by atoms with Crippen molar-refractivity contribution in [2.75, 3.05) is 25.0 Å². The number of nitrogens with one attached hydrogen (secondary N) is 3. The van der Waals surface area contributed by atoms with Crippen molar-refractivity contribution >= 4 is 11.8 Å². The molecule has 4 rings (SSSR count). The minimum atomic E-state index is -0.427. The first-order chi connectivity index (χ1) is 15.1. The number of carbonyl (C=O) groups excluding carboxylic acids is 1. The van der Waals surface area contributed by atoms with Gasteiger partial charge in [-0.05, 0) is 44.8 Å². The summed E-state index contributed by atoms with van der Waals surface area (Å²) in [6.07, 6.45) is 6.44. The van der Waals surface area contributed by atoms with E-state index in [9.17, 15) is 9.18 Å². The fourth-order valence-electron chi connectivity index (χ4n) is 3.79. The number of amides is 2. The number of anilines is 1. The predicted molar refractivity (Wildman–Crippen MR) is 114 cm³/mol. The summed E-state index contributed by atoms with van der Waals surface area (Å²) in [5.41, 5.74) is 1.99. The van der Waals surface area contributed by atoms with Crippen molar-refractivity contribution in [3.05, 3.63) is 54.1 Å². The van der Waals surface area contributed by atoms with Crippen LogP contribution in [0.15, 0.2) is 36.9 Å². The summed E-state index contributed by atoms with van der Waals surface area (Å²) in [7, 11) is 0. The highest BCUT2D eigenvalue weighted by Crippen LogP contribution is 2.30. The Bertz CT molecular complexity index is 1020. The average molecular weight is 424 g/mol. The highest BCUT2D eigenvalue weighted by Gasteiger charge is 2.24. The molecule has 0 bridgehead atoms. The first-order valence-corrected chi connectivity index (χ1v) is 10.4. The number of piperidine rings is 1. The van der Waals surface area contributed by atoms with Crippen LogP contribution in [0.4, 0.5) is 15.0 Å². The highest BCUT2D eigenvalue weighted by atomic mass is 19.1. The quantitative estimate of drug-likeness (QED) is 0.525. The normalized spacial score (nSPS) is 15.0. The van der Waals surface area contributed by atoms with Gasteiger partial charge < -0.3 is 10.3 Å². The molecule has 0 aliphatic carbocycles. The van der Waals surface area contributed by atoms with Gasteiger partial charge in [0.05, 0.1) is 5.69 Å². The lowest BCUT2D eigenvalue weighted by atomic mass is 9.90. The number of hydrogen-bond acceptors (Lipinski definition) is 6. The van der Waals surface area contributed by atoms with E-state index in [0.717, 1.165) is 31.6 Å². The van der Waals surface area contributed by atoms with Crippen molar-refractivity contribution in [1.29, 1.82) is 0 Å². The van der Waals surface area contributed by atoms with Crippen LogP contribution in [0.3, 0.4) is 0 Å². The zero-order chi connectivity index (χ0) is 21.6. The summed E-state index contributed by atoms with van der Waals surface area (Å²) in [6, 6.07) is 5.12. The van der Waals surface area contributed by atoms with Crippen LogP contribution >= 0.6 is 0 Å². The molecule has 3 aromatic heterocycles. The molecule has 2 amide bonds. The van der Waals surface area contributed by atoms with Gasteiger partial charge >= 0.3 is 6.03 Å². The van der Waals surface area contributed by atoms with Gasteiger partial charge in [0.1, 0.15) is 17.8 Å². The second-order valence-corrected chi connectivity index (χ2v) is 7.44. The van der Waals surface area contributed by atoms with Crippen molar-refractivity contribution in [2.45, 2.75) is 32.2 Å². The summed E-state index contributed by atoms with van der Waals surface area (Å²) in [6.45, 7) is 4.70. The van der Waals surface area contributed by atoms with Crippen molar-refractivity contribution < 1.29 is 9.18 Å². The number of hydrogen-bond donors (Lipinski definition) is 3. The van der Waals surface area contributed by atoms with Gasteiger partial charge in [0, 0.05) is 37.1 Å². The molecular formula is C21H25FN8O. The molecule has 1 fully saturated rings. The molecule has 4 heterocycles. The molecule has 162 valence electrons. The maximum absolute atomic E-state index is 14.7. The van der Waals surface area contributed by atoms with Crippen molar-refractivity contribution in [3.8, 4) is 11.5 Å². The van der Waals surface area contributed by atoms with Crippen LogP contribution in [0.1, 0.15) is 36.9 Å². The average Bonchev–Trinajstić information content (AvgIpc) is 3.30. The summed E-state index contributed by atoms with van der Waals surface area (Å²) >= 11 is 0. The number of urea groups is 1. The maximum atomic E-state index is 14.7. The molecule has 31 heavy (non-hydrogen) atoms. The van der Waals surface area contributed by atoms with Crippen molar-refractivity contribution in [3.63, 3.8) is 0 Å². The molecule has 3 N–H and O–H groups in total. The van der Waals surface area contributed by atoms with Gasteiger partial charge in [0.2, 0.25) is 5.95 Å². The summed E-state index contributed by atoms with van der Waals surface area (Å²) in [5, 5.41) is 5.36. The van der Waals surface area contributed by atoms with Crippen LogP contribution in [0.2, 0.25) is 0 Å². The molecule has 10 heteroatoms. The minimum absolute atomic E-state index is 0.134. The van der Waals surface area contributed by atoms with Crippen molar-refractivity contribution in [1.82, 2.24) is 35.1 Å². The third-order valence-corrected chi connectivity index (χ3v) is 5.33. The first kappa shape index (κ1) is 20.9. The fourth-order valence-corrected chi connectivity index (χ4v) is 3.79. The Morgan fingerprint density at radius 3 is 2.81 bits per heavy atom. The second kappa shape index (κ2) is 9.61. The lowest BCUT2D eigenvalue weighted by molar-refractivity contribution is 0.200. The molecule has 0 spiro atoms. The fraction of sp³-hybridized carbons (Fsp3) is 0.381. The number of nitrogens with zero attached hydrogens (tertiary/aromatic N) is 5. The Labute approximate surface area is 179 Å². The molecule has 1 aliphatic rings. The van der Waals surface area contributed by atoms with E-state index >= 15 is 0 Å². The van der Waals surface area contributed by atoms with Crippen LogP contribution in [0.5, 0.6) is 0 Å². The number of aromatic nitrogens is 5. The molecule has 0 unspecified atom stereocenters. The van der Waals surface area contributed by atoms with E-state index in [0.29, 0.717) is 36.0 Å². The summed E-state index contributed by atoms with van der Waals surface area (Å²) in [5.74, 6) is 0.737. The zero-order valence-electron chi connectivity index (χ0n) is 17.3. The van der Waals surface area contributed by atoms with E-state index in [1.165, 1.54) is 6.33 Å². The second-order valence-electron chi connectivity index (χ2n) is 7.44. The highest BCUT2D eigenvalue weighted by molar-refractivity contribution is 5.88. The molecular weight excluding hydrogens is 399 g/mol. The smallest absolute Gasteiger partial charge is 0.320 e. The molecule has 1 aliphatic heterocycles. The van der Waals surface area contributed by atoms with Gasteiger partial charge in [-0.25, -0.2) is 24.7 Å². The molecule has 1 saturated heterocycles. The van der Waals surface area contributed by atoms with E-state index in [1.54, 1.807) is 18.5 Å². The SMILES string of the molecule is CCNC(=O)Nc1cc(CN2CCC(c3ccc(-c4ncc[nH]4)nc3F)CC2)ncn1. The Balaban J connectivity index is 1.33. The van der Waals surface area contributed by atoms with Crippen LogP contribution in [-0.4, -0.2) is 55.5 Å². The Hall–Kier alpha value is -3.40. The van der Waals surface area contributed by atoms with E-state index in [4.69, 9.17) is 0 Å². The van der Waals surface area contributed by atoms with Crippen LogP contribution < -0.4 is 10.6 Å². The minimum Gasteiger partial charge on any atom is -0.343 e. The summed E-state index contributed by atoms with van der Waals surface area (Å²) in [4.78, 5) is 33.5. The first-order valence-electron chi connectivity index (χ1n) is 10.4. The van der Waals surface area contributed by atoms with E-state index in [2.05, 4.69) is 40.5 Å². The van der Waals surface area contributed by atoms with Gasteiger partial charge in [-0.15, -0.1) is 0 Å².